The van der Waals surface area contributed by atoms with Gasteiger partial charge in [0.25, 0.3) is 0 Å². The summed E-state index contributed by atoms with van der Waals surface area (Å²) in [7, 11) is 0. The van der Waals surface area contributed by atoms with Crippen LogP contribution in [0.5, 0.6) is 0 Å². The molecule has 0 saturated heterocycles. The minimum Gasteiger partial charge on any atom is -0.315 e. The fraction of sp³-hybridized carbons (Fsp3) is 0.130. The van der Waals surface area contributed by atoms with Crippen molar-refractivity contribution in [3.63, 3.8) is 0 Å². The second kappa shape index (κ2) is 6.86. The van der Waals surface area contributed by atoms with E-state index in [0.717, 1.165) is 38.5 Å². The van der Waals surface area contributed by atoms with E-state index in [1.807, 2.05) is 61.7 Å². The summed E-state index contributed by atoms with van der Waals surface area (Å²) in [6.07, 6.45) is 0. The molecule has 0 aliphatic carbocycles. The lowest BCUT2D eigenvalue weighted by molar-refractivity contribution is 0.613. The maximum absolute atomic E-state index is 15.2. The lowest BCUT2D eigenvalue weighted by Gasteiger charge is -2.17. The van der Waals surface area contributed by atoms with E-state index >= 15 is 4.39 Å². The summed E-state index contributed by atoms with van der Waals surface area (Å²) in [5.41, 5.74) is 6.55. The Hall–Kier alpha value is -2.59. The molecule has 0 fully saturated rings. The molecule has 2 aromatic carbocycles. The molecule has 0 radical (unpaired) electrons. The molecule has 0 atom stereocenters. The highest BCUT2D eigenvalue weighted by atomic mass is 79.9. The number of aryl methyl sites for hydroxylation is 3. The van der Waals surface area contributed by atoms with Crippen LogP contribution in [-0.4, -0.2) is 9.13 Å². The van der Waals surface area contributed by atoms with Gasteiger partial charge in [-0.05, 0) is 72.6 Å². The van der Waals surface area contributed by atoms with Gasteiger partial charge >= 0.3 is 0 Å². The standard InChI is InChI=1S/C23H20BrFN2/c1-15-9-10-16(2)26(15)23-20(24)13-19(14-21(23)25)27-17(3)11-12-22(27)18-7-5-4-6-8-18/h4-14H,1-3H3. The van der Waals surface area contributed by atoms with Gasteiger partial charge < -0.3 is 9.13 Å². The maximum Gasteiger partial charge on any atom is 0.150 e. The third kappa shape index (κ3) is 3.04. The maximum atomic E-state index is 15.2. The SMILES string of the molecule is Cc1ccc(C)n1-c1c(F)cc(-n2c(C)ccc2-c2ccccc2)cc1Br. The van der Waals surface area contributed by atoms with Crippen molar-refractivity contribution in [1.82, 2.24) is 9.13 Å². The van der Waals surface area contributed by atoms with E-state index in [1.54, 1.807) is 6.07 Å². The van der Waals surface area contributed by atoms with Crippen LogP contribution in [0.15, 0.2) is 71.2 Å². The van der Waals surface area contributed by atoms with Crippen LogP contribution in [-0.2, 0) is 0 Å². The van der Waals surface area contributed by atoms with Gasteiger partial charge in [-0.25, -0.2) is 4.39 Å². The highest BCUT2D eigenvalue weighted by Crippen LogP contribution is 2.33. The molecule has 0 aliphatic heterocycles. The van der Waals surface area contributed by atoms with Crippen LogP contribution in [0.25, 0.3) is 22.6 Å². The second-order valence-corrected chi connectivity index (χ2v) is 7.63. The zero-order chi connectivity index (χ0) is 19.1. The molecule has 27 heavy (non-hydrogen) atoms. The summed E-state index contributed by atoms with van der Waals surface area (Å²) < 4.78 is 20.0. The Morgan fingerprint density at radius 3 is 1.96 bits per heavy atom. The number of benzene rings is 2. The molecule has 4 rings (SSSR count). The topological polar surface area (TPSA) is 9.86 Å². The monoisotopic (exact) mass is 422 g/mol. The highest BCUT2D eigenvalue weighted by Gasteiger charge is 2.17. The molecule has 0 spiro atoms. The Bertz CT molecular complexity index is 1080. The lowest BCUT2D eigenvalue weighted by Crippen LogP contribution is -2.06. The summed E-state index contributed by atoms with van der Waals surface area (Å²) in [5.74, 6) is -0.256. The van der Waals surface area contributed by atoms with Crippen LogP contribution in [0, 0.1) is 26.6 Å². The van der Waals surface area contributed by atoms with Gasteiger partial charge in [0.15, 0.2) is 0 Å². The van der Waals surface area contributed by atoms with Crippen LogP contribution >= 0.6 is 15.9 Å². The number of nitrogens with zero attached hydrogens (tertiary/aromatic N) is 2. The Morgan fingerprint density at radius 1 is 0.741 bits per heavy atom. The minimum absolute atomic E-state index is 0.256. The average molecular weight is 423 g/mol. The predicted molar refractivity (Wildman–Crippen MR) is 112 cm³/mol. The molecule has 0 amide bonds. The van der Waals surface area contributed by atoms with E-state index in [1.165, 1.54) is 0 Å². The Kier molecular flexibility index (Phi) is 4.52. The normalized spacial score (nSPS) is 11.1. The van der Waals surface area contributed by atoms with Gasteiger partial charge in [-0.3, -0.25) is 0 Å². The average Bonchev–Trinajstić information content (AvgIpc) is 3.19. The molecule has 0 saturated carbocycles. The third-order valence-electron chi connectivity index (χ3n) is 4.90. The number of aromatic nitrogens is 2. The van der Waals surface area contributed by atoms with Gasteiger partial charge in [0.05, 0.1) is 11.4 Å². The first-order valence-corrected chi connectivity index (χ1v) is 9.65. The fourth-order valence-electron chi connectivity index (χ4n) is 3.63. The van der Waals surface area contributed by atoms with Crippen LogP contribution in [0.2, 0.25) is 0 Å². The van der Waals surface area contributed by atoms with Gasteiger partial charge in [0, 0.05) is 33.3 Å². The van der Waals surface area contributed by atoms with Crippen molar-refractivity contribution >= 4 is 15.9 Å². The van der Waals surface area contributed by atoms with Crippen LogP contribution < -0.4 is 0 Å². The predicted octanol–water partition coefficient (Wildman–Crippen LogP) is 6.76. The molecule has 0 unspecified atom stereocenters. The summed E-state index contributed by atoms with van der Waals surface area (Å²) >= 11 is 3.60. The molecule has 2 heterocycles. The Labute approximate surface area is 167 Å². The van der Waals surface area contributed by atoms with E-state index in [0.29, 0.717) is 5.69 Å². The lowest BCUT2D eigenvalue weighted by atomic mass is 10.1. The molecule has 0 bridgehead atoms. The molecule has 4 aromatic rings. The van der Waals surface area contributed by atoms with Gasteiger partial charge in [-0.2, -0.15) is 0 Å². The van der Waals surface area contributed by atoms with Crippen LogP contribution in [0.1, 0.15) is 17.1 Å². The molecule has 4 heteroatoms. The van der Waals surface area contributed by atoms with E-state index in [9.17, 15) is 0 Å². The number of halogens is 2. The van der Waals surface area contributed by atoms with E-state index in [-0.39, 0.29) is 5.82 Å². The van der Waals surface area contributed by atoms with Crippen molar-refractivity contribution in [3.05, 3.63) is 94.1 Å². The van der Waals surface area contributed by atoms with Crippen molar-refractivity contribution in [2.75, 3.05) is 0 Å². The number of rotatable bonds is 3. The molecular weight excluding hydrogens is 403 g/mol. The number of hydrogen-bond acceptors (Lipinski definition) is 0. The van der Waals surface area contributed by atoms with Gasteiger partial charge in [0.2, 0.25) is 0 Å². The van der Waals surface area contributed by atoms with Gasteiger partial charge in [-0.1, -0.05) is 30.3 Å². The molecule has 2 aromatic heterocycles. The van der Waals surface area contributed by atoms with Crippen molar-refractivity contribution in [3.8, 4) is 22.6 Å². The zero-order valence-corrected chi connectivity index (χ0v) is 17.1. The molecule has 0 N–H and O–H groups in total. The fourth-order valence-corrected chi connectivity index (χ4v) is 4.23. The molecule has 0 aliphatic rings. The van der Waals surface area contributed by atoms with Gasteiger partial charge in [-0.15, -0.1) is 0 Å². The van der Waals surface area contributed by atoms with Crippen molar-refractivity contribution in [2.24, 2.45) is 0 Å². The van der Waals surface area contributed by atoms with Crippen molar-refractivity contribution < 1.29 is 4.39 Å². The van der Waals surface area contributed by atoms with E-state index in [2.05, 4.69) is 44.8 Å². The largest absolute Gasteiger partial charge is 0.315 e. The quantitative estimate of drug-likeness (QED) is 0.345. The summed E-state index contributed by atoms with van der Waals surface area (Å²) in [6.45, 7) is 6.00. The Balaban J connectivity index is 1.90. The Morgan fingerprint density at radius 2 is 1.33 bits per heavy atom. The van der Waals surface area contributed by atoms with E-state index in [4.69, 9.17) is 0 Å². The highest BCUT2D eigenvalue weighted by molar-refractivity contribution is 9.10. The first-order chi connectivity index (χ1) is 13.0. The van der Waals surface area contributed by atoms with Crippen molar-refractivity contribution in [1.29, 1.82) is 0 Å². The summed E-state index contributed by atoms with van der Waals surface area (Å²) in [6, 6.07) is 21.9. The van der Waals surface area contributed by atoms with E-state index < -0.39 is 0 Å². The minimum atomic E-state index is -0.256. The third-order valence-corrected chi connectivity index (χ3v) is 5.50. The number of hydrogen-bond donors (Lipinski definition) is 0. The zero-order valence-electron chi connectivity index (χ0n) is 15.5. The molecular formula is C23H20BrFN2. The first-order valence-electron chi connectivity index (χ1n) is 8.86. The summed E-state index contributed by atoms with van der Waals surface area (Å²) in [5, 5.41) is 0. The second-order valence-electron chi connectivity index (χ2n) is 6.77. The first kappa shape index (κ1) is 17.8. The smallest absolute Gasteiger partial charge is 0.150 e. The molecule has 136 valence electrons. The van der Waals surface area contributed by atoms with Crippen LogP contribution in [0.4, 0.5) is 4.39 Å². The van der Waals surface area contributed by atoms with Crippen LogP contribution in [0.3, 0.4) is 0 Å². The van der Waals surface area contributed by atoms with Gasteiger partial charge in [0.1, 0.15) is 5.82 Å². The summed E-state index contributed by atoms with van der Waals surface area (Å²) in [4.78, 5) is 0. The molecule has 2 nitrogen and oxygen atoms in total. The van der Waals surface area contributed by atoms with Crippen molar-refractivity contribution in [2.45, 2.75) is 20.8 Å².